The average molecular weight is 512 g/mol. The molecule has 2 aromatic carbocycles. The predicted octanol–water partition coefficient (Wildman–Crippen LogP) is 4.37. The minimum atomic E-state index is -3.80. The molecule has 2 heterocycles. The fourth-order valence-corrected chi connectivity index (χ4v) is 6.63. The molecule has 4 rings (SSSR count). The molecule has 1 aromatic heterocycles. The van der Waals surface area contributed by atoms with Crippen LogP contribution in [0, 0.1) is 6.92 Å². The zero-order valence-corrected chi connectivity index (χ0v) is 21.8. The first-order valence-electron chi connectivity index (χ1n) is 12.1. The number of thiophene rings is 1. The summed E-state index contributed by atoms with van der Waals surface area (Å²) in [6.45, 7) is 5.63. The maximum atomic E-state index is 13.7. The Bertz CT molecular complexity index is 1190. The molecule has 0 saturated carbocycles. The maximum absolute atomic E-state index is 13.7. The lowest BCUT2D eigenvalue weighted by atomic mass is 10.2. The standard InChI is InChI=1S/C27H33N3O3S2/c1-23-14-19-34-26(23)21-29(20-24-10-4-2-5-11-24)27(31)22-30(18-17-28-15-8-9-16-28)35(32,33)25-12-6-3-7-13-25/h2-7,10-14,19H,8-9,15-18,20-22H2,1H3. The van der Waals surface area contributed by atoms with Crippen LogP contribution in [0.4, 0.5) is 0 Å². The Balaban J connectivity index is 1.57. The highest BCUT2D eigenvalue weighted by Gasteiger charge is 2.29. The van der Waals surface area contributed by atoms with Gasteiger partial charge in [-0.15, -0.1) is 11.3 Å². The smallest absolute Gasteiger partial charge is 0.243 e. The van der Waals surface area contributed by atoms with E-state index in [2.05, 4.69) is 4.90 Å². The van der Waals surface area contributed by atoms with Gasteiger partial charge in [-0.2, -0.15) is 4.31 Å². The summed E-state index contributed by atoms with van der Waals surface area (Å²) in [5.74, 6) is -0.192. The molecule has 0 atom stereocenters. The van der Waals surface area contributed by atoms with Crippen LogP contribution in [-0.2, 0) is 27.9 Å². The summed E-state index contributed by atoms with van der Waals surface area (Å²) in [6.07, 6.45) is 2.27. The van der Waals surface area contributed by atoms with Crippen LogP contribution in [0.5, 0.6) is 0 Å². The number of carbonyl (C=O) groups excluding carboxylic acids is 1. The van der Waals surface area contributed by atoms with Crippen molar-refractivity contribution in [3.05, 3.63) is 88.1 Å². The van der Waals surface area contributed by atoms with Crippen molar-refractivity contribution < 1.29 is 13.2 Å². The van der Waals surface area contributed by atoms with E-state index < -0.39 is 10.0 Å². The maximum Gasteiger partial charge on any atom is 0.243 e. The summed E-state index contributed by atoms with van der Waals surface area (Å²) >= 11 is 1.62. The van der Waals surface area contributed by atoms with Crippen LogP contribution >= 0.6 is 11.3 Å². The zero-order chi connectivity index (χ0) is 24.7. The number of hydrogen-bond acceptors (Lipinski definition) is 5. The molecule has 3 aromatic rings. The minimum Gasteiger partial charge on any atom is -0.332 e. The molecular formula is C27H33N3O3S2. The summed E-state index contributed by atoms with van der Waals surface area (Å²) in [5, 5.41) is 2.03. The summed E-state index contributed by atoms with van der Waals surface area (Å²) in [7, 11) is -3.80. The van der Waals surface area contributed by atoms with Crippen molar-refractivity contribution in [2.75, 3.05) is 32.7 Å². The van der Waals surface area contributed by atoms with Gasteiger partial charge in [0, 0.05) is 24.5 Å². The SMILES string of the molecule is Cc1ccsc1CN(Cc1ccccc1)C(=O)CN(CCN1CCCC1)S(=O)(=O)c1ccccc1. The lowest BCUT2D eigenvalue weighted by Crippen LogP contribution is -2.45. The Hall–Kier alpha value is -2.52. The molecule has 0 N–H and O–H groups in total. The number of nitrogens with zero attached hydrogens (tertiary/aromatic N) is 3. The summed E-state index contributed by atoms with van der Waals surface area (Å²) in [4.78, 5) is 19.1. The lowest BCUT2D eigenvalue weighted by molar-refractivity contribution is -0.132. The molecule has 0 radical (unpaired) electrons. The highest BCUT2D eigenvalue weighted by molar-refractivity contribution is 7.89. The molecular weight excluding hydrogens is 478 g/mol. The first-order chi connectivity index (χ1) is 16.9. The molecule has 0 aliphatic carbocycles. The van der Waals surface area contributed by atoms with Crippen LogP contribution in [0.2, 0.25) is 0 Å². The average Bonchev–Trinajstić information content (AvgIpc) is 3.54. The number of carbonyl (C=O) groups is 1. The Morgan fingerprint density at radius 2 is 1.60 bits per heavy atom. The van der Waals surface area contributed by atoms with Crippen LogP contribution in [0.3, 0.4) is 0 Å². The van der Waals surface area contributed by atoms with Gasteiger partial charge in [0.1, 0.15) is 0 Å². The van der Waals surface area contributed by atoms with Gasteiger partial charge in [0.15, 0.2) is 0 Å². The van der Waals surface area contributed by atoms with E-state index in [4.69, 9.17) is 0 Å². The molecule has 1 aliphatic heterocycles. The molecule has 0 unspecified atom stereocenters. The highest BCUT2D eigenvalue weighted by Crippen LogP contribution is 2.21. The fourth-order valence-electron chi connectivity index (χ4n) is 4.31. The van der Waals surface area contributed by atoms with E-state index >= 15 is 0 Å². The van der Waals surface area contributed by atoms with E-state index in [1.165, 1.54) is 4.31 Å². The second kappa shape index (κ2) is 11.9. The second-order valence-electron chi connectivity index (χ2n) is 8.96. The van der Waals surface area contributed by atoms with E-state index in [0.717, 1.165) is 41.9 Å². The van der Waals surface area contributed by atoms with Crippen LogP contribution in [0.15, 0.2) is 77.0 Å². The van der Waals surface area contributed by atoms with E-state index in [9.17, 15) is 13.2 Å². The normalized spacial score (nSPS) is 14.5. The Labute approximate surface area is 212 Å². The molecule has 35 heavy (non-hydrogen) atoms. The monoisotopic (exact) mass is 511 g/mol. The van der Waals surface area contributed by atoms with Gasteiger partial charge in [0.05, 0.1) is 18.0 Å². The molecule has 186 valence electrons. The van der Waals surface area contributed by atoms with Crippen molar-refractivity contribution >= 4 is 27.3 Å². The van der Waals surface area contributed by atoms with Crippen molar-refractivity contribution in [1.82, 2.24) is 14.1 Å². The van der Waals surface area contributed by atoms with Gasteiger partial charge in [-0.1, -0.05) is 48.5 Å². The topological polar surface area (TPSA) is 60.9 Å². The van der Waals surface area contributed by atoms with Gasteiger partial charge in [0.25, 0.3) is 0 Å². The third-order valence-corrected chi connectivity index (χ3v) is 9.30. The fraction of sp³-hybridized carbons (Fsp3) is 0.370. The summed E-state index contributed by atoms with van der Waals surface area (Å²) < 4.78 is 28.5. The number of sulfonamides is 1. The van der Waals surface area contributed by atoms with Gasteiger partial charge in [-0.3, -0.25) is 4.79 Å². The van der Waals surface area contributed by atoms with Crippen LogP contribution < -0.4 is 0 Å². The van der Waals surface area contributed by atoms with E-state index in [1.807, 2.05) is 48.7 Å². The largest absolute Gasteiger partial charge is 0.332 e. The van der Waals surface area contributed by atoms with Crippen molar-refractivity contribution in [2.24, 2.45) is 0 Å². The van der Waals surface area contributed by atoms with Crippen molar-refractivity contribution in [3.8, 4) is 0 Å². The molecule has 0 bridgehead atoms. The molecule has 1 amide bonds. The first kappa shape index (κ1) is 25.6. The number of amides is 1. The van der Waals surface area contributed by atoms with Crippen molar-refractivity contribution in [3.63, 3.8) is 0 Å². The molecule has 1 saturated heterocycles. The van der Waals surface area contributed by atoms with Gasteiger partial charge < -0.3 is 9.80 Å². The molecule has 1 fully saturated rings. The molecule has 0 spiro atoms. The Morgan fingerprint density at radius 3 is 2.23 bits per heavy atom. The van der Waals surface area contributed by atoms with Gasteiger partial charge in [-0.05, 0) is 67.6 Å². The number of likely N-dealkylation sites (tertiary alicyclic amines) is 1. The molecule has 1 aliphatic rings. The van der Waals surface area contributed by atoms with Gasteiger partial charge in [0.2, 0.25) is 15.9 Å². The predicted molar refractivity (Wildman–Crippen MR) is 141 cm³/mol. The third kappa shape index (κ3) is 6.79. The van der Waals surface area contributed by atoms with E-state index in [1.54, 1.807) is 46.6 Å². The van der Waals surface area contributed by atoms with Crippen molar-refractivity contribution in [2.45, 2.75) is 37.8 Å². The summed E-state index contributed by atoms with van der Waals surface area (Å²) in [6, 6.07) is 20.3. The number of rotatable bonds is 11. The molecule has 6 nitrogen and oxygen atoms in total. The zero-order valence-electron chi connectivity index (χ0n) is 20.2. The highest BCUT2D eigenvalue weighted by atomic mass is 32.2. The lowest BCUT2D eigenvalue weighted by Gasteiger charge is -2.28. The molecule has 8 heteroatoms. The Kier molecular flexibility index (Phi) is 8.73. The minimum absolute atomic E-state index is 0.178. The van der Waals surface area contributed by atoms with Crippen LogP contribution in [0.25, 0.3) is 0 Å². The summed E-state index contributed by atoms with van der Waals surface area (Å²) in [5.41, 5.74) is 2.16. The second-order valence-corrected chi connectivity index (χ2v) is 11.9. The van der Waals surface area contributed by atoms with Crippen molar-refractivity contribution in [1.29, 1.82) is 0 Å². The van der Waals surface area contributed by atoms with E-state index in [0.29, 0.717) is 26.2 Å². The third-order valence-electron chi connectivity index (χ3n) is 6.43. The van der Waals surface area contributed by atoms with Gasteiger partial charge in [-0.25, -0.2) is 8.42 Å². The first-order valence-corrected chi connectivity index (χ1v) is 14.4. The van der Waals surface area contributed by atoms with Crippen LogP contribution in [0.1, 0.15) is 28.8 Å². The quantitative estimate of drug-likeness (QED) is 0.384. The number of benzene rings is 2. The number of hydrogen-bond donors (Lipinski definition) is 0. The Morgan fingerprint density at radius 1 is 0.943 bits per heavy atom. The van der Waals surface area contributed by atoms with Crippen LogP contribution in [-0.4, -0.2) is 61.2 Å². The number of aryl methyl sites for hydroxylation is 1. The van der Waals surface area contributed by atoms with Gasteiger partial charge >= 0.3 is 0 Å². The van der Waals surface area contributed by atoms with E-state index in [-0.39, 0.29) is 17.3 Å².